The van der Waals surface area contributed by atoms with E-state index in [0.29, 0.717) is 12.6 Å². The summed E-state index contributed by atoms with van der Waals surface area (Å²) in [6.45, 7) is 1.51. The summed E-state index contributed by atoms with van der Waals surface area (Å²) in [4.78, 5) is 10.4. The average Bonchev–Trinajstić information content (AvgIpc) is 2.16. The van der Waals surface area contributed by atoms with Crippen molar-refractivity contribution < 1.29 is 9.90 Å². The molecule has 82 valence electrons. The normalized spacial score (nSPS) is 27.2. The molecule has 0 atom stereocenters. The zero-order chi connectivity index (χ0) is 10.4. The molecule has 5 nitrogen and oxygen atoms in total. The molecule has 0 aromatic carbocycles. The molecule has 5 N–H and O–H groups in total. The summed E-state index contributed by atoms with van der Waals surface area (Å²) in [5.41, 5.74) is 5.39. The smallest absolute Gasteiger partial charge is 0.404 e. The van der Waals surface area contributed by atoms with Gasteiger partial charge in [0.25, 0.3) is 0 Å². The summed E-state index contributed by atoms with van der Waals surface area (Å²) < 4.78 is 0. The van der Waals surface area contributed by atoms with Crippen LogP contribution in [0, 0.1) is 0 Å². The van der Waals surface area contributed by atoms with Gasteiger partial charge in [-0.15, -0.1) is 0 Å². The van der Waals surface area contributed by atoms with Crippen LogP contribution in [0.3, 0.4) is 0 Å². The topological polar surface area (TPSA) is 87.4 Å². The third-order valence-electron chi connectivity index (χ3n) is 2.63. The molecule has 0 aliphatic heterocycles. The maximum Gasteiger partial charge on any atom is 0.404 e. The molecule has 0 radical (unpaired) electrons. The van der Waals surface area contributed by atoms with E-state index in [0.717, 1.165) is 32.2 Å². The second-order valence-corrected chi connectivity index (χ2v) is 3.74. The zero-order valence-electron chi connectivity index (χ0n) is 8.33. The van der Waals surface area contributed by atoms with Crippen molar-refractivity contribution in [3.8, 4) is 0 Å². The van der Waals surface area contributed by atoms with Gasteiger partial charge in [-0.05, 0) is 25.7 Å². The number of rotatable bonds is 4. The van der Waals surface area contributed by atoms with E-state index in [2.05, 4.69) is 10.6 Å². The molecule has 1 fully saturated rings. The molecule has 1 aliphatic carbocycles. The number of nitrogens with two attached hydrogens (primary N) is 1. The van der Waals surface area contributed by atoms with Gasteiger partial charge in [-0.2, -0.15) is 0 Å². The number of carbonyl (C=O) groups is 1. The number of carboxylic acid groups (broad SMARTS) is 1. The fourth-order valence-corrected chi connectivity index (χ4v) is 1.90. The molecule has 0 saturated heterocycles. The van der Waals surface area contributed by atoms with Crippen LogP contribution in [0.2, 0.25) is 0 Å². The van der Waals surface area contributed by atoms with E-state index in [-0.39, 0.29) is 6.04 Å². The SMILES string of the molecule is NCCNC1CCC(NC(=O)O)CC1. The Hall–Kier alpha value is -0.810. The van der Waals surface area contributed by atoms with Crippen LogP contribution in [-0.4, -0.2) is 36.4 Å². The summed E-state index contributed by atoms with van der Waals surface area (Å²) in [5, 5.41) is 14.4. The Morgan fingerprint density at radius 1 is 1.29 bits per heavy atom. The molecular weight excluding hydrogens is 182 g/mol. The van der Waals surface area contributed by atoms with Gasteiger partial charge in [0.05, 0.1) is 0 Å². The minimum Gasteiger partial charge on any atom is -0.465 e. The van der Waals surface area contributed by atoms with Crippen LogP contribution >= 0.6 is 0 Å². The monoisotopic (exact) mass is 201 g/mol. The summed E-state index contributed by atoms with van der Waals surface area (Å²) in [7, 11) is 0. The van der Waals surface area contributed by atoms with Crippen molar-refractivity contribution in [2.75, 3.05) is 13.1 Å². The quantitative estimate of drug-likeness (QED) is 0.520. The summed E-state index contributed by atoms with van der Waals surface area (Å²) in [6.07, 6.45) is 3.00. The highest BCUT2D eigenvalue weighted by Gasteiger charge is 2.21. The molecule has 0 spiro atoms. The van der Waals surface area contributed by atoms with Gasteiger partial charge in [0, 0.05) is 25.2 Å². The van der Waals surface area contributed by atoms with Gasteiger partial charge in [0.15, 0.2) is 0 Å². The fourth-order valence-electron chi connectivity index (χ4n) is 1.90. The van der Waals surface area contributed by atoms with Crippen LogP contribution in [0.4, 0.5) is 4.79 Å². The molecule has 14 heavy (non-hydrogen) atoms. The Kier molecular flexibility index (Phi) is 4.69. The highest BCUT2D eigenvalue weighted by Crippen LogP contribution is 2.18. The molecular formula is C9H19N3O2. The summed E-state index contributed by atoms with van der Waals surface area (Å²) >= 11 is 0. The number of nitrogens with one attached hydrogen (secondary N) is 2. The maximum atomic E-state index is 10.4. The van der Waals surface area contributed by atoms with E-state index in [1.807, 2.05) is 0 Å². The Morgan fingerprint density at radius 2 is 1.86 bits per heavy atom. The molecule has 1 aliphatic rings. The van der Waals surface area contributed by atoms with Crippen LogP contribution in [-0.2, 0) is 0 Å². The Balaban J connectivity index is 2.14. The van der Waals surface area contributed by atoms with Crippen molar-refractivity contribution in [1.29, 1.82) is 0 Å². The van der Waals surface area contributed by atoms with E-state index >= 15 is 0 Å². The van der Waals surface area contributed by atoms with Crippen molar-refractivity contribution in [2.24, 2.45) is 5.73 Å². The number of hydrogen-bond donors (Lipinski definition) is 4. The molecule has 0 bridgehead atoms. The summed E-state index contributed by atoms with van der Waals surface area (Å²) in [6, 6.07) is 0.661. The second kappa shape index (κ2) is 5.82. The molecule has 0 heterocycles. The van der Waals surface area contributed by atoms with Crippen LogP contribution in [0.5, 0.6) is 0 Å². The number of hydrogen-bond acceptors (Lipinski definition) is 3. The van der Waals surface area contributed by atoms with Gasteiger partial charge < -0.3 is 21.5 Å². The van der Waals surface area contributed by atoms with Crippen molar-refractivity contribution in [3.05, 3.63) is 0 Å². The van der Waals surface area contributed by atoms with E-state index in [4.69, 9.17) is 10.8 Å². The zero-order valence-corrected chi connectivity index (χ0v) is 8.33. The first-order valence-corrected chi connectivity index (χ1v) is 5.15. The molecule has 5 heteroatoms. The highest BCUT2D eigenvalue weighted by molar-refractivity contribution is 5.64. The van der Waals surface area contributed by atoms with Gasteiger partial charge in [0.1, 0.15) is 0 Å². The molecule has 0 aromatic rings. The predicted octanol–water partition coefficient (Wildman–Crippen LogP) is 0.114. The third kappa shape index (κ3) is 3.93. The Bertz CT molecular complexity index is 179. The van der Waals surface area contributed by atoms with Gasteiger partial charge in [-0.1, -0.05) is 0 Å². The largest absolute Gasteiger partial charge is 0.465 e. The van der Waals surface area contributed by atoms with E-state index in [9.17, 15) is 4.79 Å². The first kappa shape index (κ1) is 11.3. The van der Waals surface area contributed by atoms with Crippen molar-refractivity contribution >= 4 is 6.09 Å². The maximum absolute atomic E-state index is 10.4. The van der Waals surface area contributed by atoms with Gasteiger partial charge in [-0.25, -0.2) is 4.79 Å². The van der Waals surface area contributed by atoms with E-state index in [1.54, 1.807) is 0 Å². The molecule has 1 amide bonds. The van der Waals surface area contributed by atoms with Crippen molar-refractivity contribution in [1.82, 2.24) is 10.6 Å². The molecule has 0 unspecified atom stereocenters. The third-order valence-corrected chi connectivity index (χ3v) is 2.63. The number of amides is 1. The van der Waals surface area contributed by atoms with Gasteiger partial charge >= 0.3 is 6.09 Å². The first-order valence-electron chi connectivity index (χ1n) is 5.15. The highest BCUT2D eigenvalue weighted by atomic mass is 16.4. The standard InChI is InChI=1S/C9H19N3O2/c10-5-6-11-7-1-3-8(4-2-7)12-9(13)14/h7-8,11-12H,1-6,10H2,(H,13,14). The van der Waals surface area contributed by atoms with E-state index in [1.165, 1.54) is 0 Å². The lowest BCUT2D eigenvalue weighted by atomic mass is 9.91. The molecule has 0 aromatic heterocycles. The van der Waals surface area contributed by atoms with Gasteiger partial charge in [-0.3, -0.25) is 0 Å². The average molecular weight is 201 g/mol. The lowest BCUT2D eigenvalue weighted by molar-refractivity contribution is 0.184. The van der Waals surface area contributed by atoms with Gasteiger partial charge in [0.2, 0.25) is 0 Å². The lowest BCUT2D eigenvalue weighted by Gasteiger charge is -2.28. The Morgan fingerprint density at radius 3 is 2.36 bits per heavy atom. The Labute approximate surface area is 84.0 Å². The summed E-state index contributed by atoms with van der Waals surface area (Å²) in [5.74, 6) is 0. The molecule has 1 rings (SSSR count). The second-order valence-electron chi connectivity index (χ2n) is 3.74. The first-order chi connectivity index (χ1) is 6.72. The van der Waals surface area contributed by atoms with Crippen molar-refractivity contribution in [3.63, 3.8) is 0 Å². The van der Waals surface area contributed by atoms with Crippen LogP contribution in [0.15, 0.2) is 0 Å². The van der Waals surface area contributed by atoms with Crippen LogP contribution in [0.25, 0.3) is 0 Å². The minimum atomic E-state index is -0.914. The van der Waals surface area contributed by atoms with Crippen LogP contribution in [0.1, 0.15) is 25.7 Å². The predicted molar refractivity (Wildman–Crippen MR) is 54.3 cm³/mol. The van der Waals surface area contributed by atoms with Crippen molar-refractivity contribution in [2.45, 2.75) is 37.8 Å². The lowest BCUT2D eigenvalue weighted by Crippen LogP contribution is -2.42. The fraction of sp³-hybridized carbons (Fsp3) is 0.889. The minimum absolute atomic E-state index is 0.142. The van der Waals surface area contributed by atoms with Crippen LogP contribution < -0.4 is 16.4 Å². The molecule has 1 saturated carbocycles. The van der Waals surface area contributed by atoms with E-state index < -0.39 is 6.09 Å².